The highest BCUT2D eigenvalue weighted by Crippen LogP contribution is 2.31. The fraction of sp³-hybridized carbons (Fsp3) is 0.143. The van der Waals surface area contributed by atoms with Crippen molar-refractivity contribution in [1.29, 1.82) is 0 Å². The molecule has 0 aliphatic heterocycles. The molecule has 0 amide bonds. The van der Waals surface area contributed by atoms with E-state index in [1.807, 2.05) is 0 Å². The second-order valence-corrected chi connectivity index (χ2v) is 2.54. The average Bonchev–Trinajstić information content (AvgIpc) is 2.07. The highest BCUT2D eigenvalue weighted by molar-refractivity contribution is 5.41. The Morgan fingerprint density at radius 2 is 1.81 bits per heavy atom. The number of rotatable bonds is 2. The number of halogens is 5. The van der Waals surface area contributed by atoms with Gasteiger partial charge in [0.1, 0.15) is 5.82 Å². The molecule has 0 N–H and O–H groups in total. The molecule has 0 unspecified atom stereocenters. The standard InChI is InChI=1S/C7H2F5NO3/c8-3-1-4(13(14)15)6(9)5(2-3)16-7(10,11)12/h1-2H. The fourth-order valence-electron chi connectivity index (χ4n) is 0.882. The van der Waals surface area contributed by atoms with Crippen LogP contribution >= 0.6 is 0 Å². The molecule has 0 fully saturated rings. The van der Waals surface area contributed by atoms with E-state index in [4.69, 9.17) is 0 Å². The molecule has 0 saturated carbocycles. The van der Waals surface area contributed by atoms with Crippen LogP contribution in [0, 0.1) is 21.7 Å². The molecule has 0 radical (unpaired) electrons. The number of ether oxygens (including phenoxy) is 1. The van der Waals surface area contributed by atoms with E-state index in [-0.39, 0.29) is 12.1 Å². The normalized spacial score (nSPS) is 11.3. The van der Waals surface area contributed by atoms with Crippen LogP contribution in [0.1, 0.15) is 0 Å². The molecule has 1 rings (SSSR count). The van der Waals surface area contributed by atoms with Gasteiger partial charge in [0, 0.05) is 6.07 Å². The van der Waals surface area contributed by atoms with Crippen LogP contribution in [0.4, 0.5) is 27.6 Å². The van der Waals surface area contributed by atoms with Crippen LogP contribution in [0.3, 0.4) is 0 Å². The topological polar surface area (TPSA) is 52.4 Å². The third kappa shape index (κ3) is 2.78. The van der Waals surface area contributed by atoms with Gasteiger partial charge in [0.05, 0.1) is 11.0 Å². The minimum atomic E-state index is -5.26. The molecule has 16 heavy (non-hydrogen) atoms. The van der Waals surface area contributed by atoms with Crippen LogP contribution in [0.15, 0.2) is 12.1 Å². The summed E-state index contributed by atoms with van der Waals surface area (Å²) in [6.45, 7) is 0. The smallest absolute Gasteiger partial charge is 0.402 e. The number of benzene rings is 1. The number of alkyl halides is 3. The van der Waals surface area contributed by atoms with Gasteiger partial charge >= 0.3 is 12.0 Å². The molecule has 88 valence electrons. The molecule has 1 aromatic carbocycles. The first-order valence-corrected chi connectivity index (χ1v) is 3.60. The summed E-state index contributed by atoms with van der Waals surface area (Å²) in [7, 11) is 0. The van der Waals surface area contributed by atoms with E-state index >= 15 is 0 Å². The highest BCUT2D eigenvalue weighted by Gasteiger charge is 2.34. The van der Waals surface area contributed by atoms with E-state index in [9.17, 15) is 32.1 Å². The van der Waals surface area contributed by atoms with Gasteiger partial charge in [-0.05, 0) is 0 Å². The zero-order valence-electron chi connectivity index (χ0n) is 7.22. The van der Waals surface area contributed by atoms with Crippen molar-refractivity contribution in [3.05, 3.63) is 33.9 Å². The molecule has 9 heteroatoms. The molecule has 0 aliphatic carbocycles. The van der Waals surface area contributed by atoms with Crippen molar-refractivity contribution < 1.29 is 31.6 Å². The van der Waals surface area contributed by atoms with Gasteiger partial charge in [0.25, 0.3) is 0 Å². The Hall–Kier alpha value is -1.93. The first-order chi connectivity index (χ1) is 7.20. The third-order valence-corrected chi connectivity index (χ3v) is 1.41. The number of hydrogen-bond donors (Lipinski definition) is 0. The maximum Gasteiger partial charge on any atom is 0.573 e. The van der Waals surface area contributed by atoms with E-state index in [1.165, 1.54) is 0 Å². The Morgan fingerprint density at radius 1 is 1.25 bits per heavy atom. The maximum atomic E-state index is 13.0. The third-order valence-electron chi connectivity index (χ3n) is 1.41. The van der Waals surface area contributed by atoms with E-state index in [0.717, 1.165) is 0 Å². The van der Waals surface area contributed by atoms with Gasteiger partial charge in [-0.15, -0.1) is 13.2 Å². The van der Waals surface area contributed by atoms with Crippen molar-refractivity contribution >= 4 is 5.69 Å². The van der Waals surface area contributed by atoms with Gasteiger partial charge in [0.15, 0.2) is 5.75 Å². The summed E-state index contributed by atoms with van der Waals surface area (Å²) in [5.74, 6) is -4.88. The molecule has 0 spiro atoms. The molecule has 0 saturated heterocycles. The molecule has 0 atom stereocenters. The minimum absolute atomic E-state index is 0.0653. The summed E-state index contributed by atoms with van der Waals surface area (Å²) < 4.78 is 63.8. The monoisotopic (exact) mass is 243 g/mol. The zero-order valence-corrected chi connectivity index (χ0v) is 7.22. The van der Waals surface area contributed by atoms with Gasteiger partial charge < -0.3 is 4.74 Å². The summed E-state index contributed by atoms with van der Waals surface area (Å²) in [6.07, 6.45) is -5.26. The van der Waals surface area contributed by atoms with E-state index < -0.39 is 34.4 Å². The van der Waals surface area contributed by atoms with Crippen molar-refractivity contribution in [3.63, 3.8) is 0 Å². The first-order valence-electron chi connectivity index (χ1n) is 3.60. The van der Waals surface area contributed by atoms with Crippen LogP contribution in [0.5, 0.6) is 5.75 Å². The lowest BCUT2D eigenvalue weighted by atomic mass is 10.3. The van der Waals surface area contributed by atoms with Crippen molar-refractivity contribution in [2.24, 2.45) is 0 Å². The van der Waals surface area contributed by atoms with Crippen LogP contribution < -0.4 is 4.74 Å². The average molecular weight is 243 g/mol. The van der Waals surface area contributed by atoms with E-state index in [0.29, 0.717) is 0 Å². The minimum Gasteiger partial charge on any atom is -0.402 e. The lowest BCUT2D eigenvalue weighted by molar-refractivity contribution is -0.388. The Kier molecular flexibility index (Phi) is 2.97. The first kappa shape index (κ1) is 12.1. The number of nitro benzene ring substituents is 1. The predicted molar refractivity (Wildman–Crippen MR) is 39.7 cm³/mol. The fourth-order valence-corrected chi connectivity index (χ4v) is 0.882. The van der Waals surface area contributed by atoms with Crippen molar-refractivity contribution in [2.75, 3.05) is 0 Å². The van der Waals surface area contributed by atoms with E-state index in [1.54, 1.807) is 0 Å². The molecule has 0 bridgehead atoms. The molecule has 1 aromatic rings. The summed E-state index contributed by atoms with van der Waals surface area (Å²) in [4.78, 5) is 8.79. The van der Waals surface area contributed by atoms with Gasteiger partial charge in [-0.3, -0.25) is 10.1 Å². The summed E-state index contributed by atoms with van der Waals surface area (Å²) >= 11 is 0. The van der Waals surface area contributed by atoms with Crippen LogP contribution in [0.2, 0.25) is 0 Å². The molecule has 0 heterocycles. The Labute approximate surface area is 84.4 Å². The Bertz CT molecular complexity index is 431. The number of nitro groups is 1. The van der Waals surface area contributed by atoms with Crippen molar-refractivity contribution in [1.82, 2.24) is 0 Å². The highest BCUT2D eigenvalue weighted by atomic mass is 19.4. The van der Waals surface area contributed by atoms with Gasteiger partial charge in [-0.2, -0.15) is 4.39 Å². The molecule has 0 aromatic heterocycles. The largest absolute Gasteiger partial charge is 0.573 e. The van der Waals surface area contributed by atoms with Gasteiger partial charge in [0.2, 0.25) is 5.82 Å². The summed E-state index contributed by atoms with van der Waals surface area (Å²) in [5.41, 5.74) is -1.43. The second-order valence-electron chi connectivity index (χ2n) is 2.54. The van der Waals surface area contributed by atoms with Gasteiger partial charge in [-0.25, -0.2) is 4.39 Å². The number of hydrogen-bond acceptors (Lipinski definition) is 3. The molecular formula is C7H2F5NO3. The quantitative estimate of drug-likeness (QED) is 0.456. The number of nitrogens with zero attached hydrogens (tertiary/aromatic N) is 1. The molecular weight excluding hydrogens is 241 g/mol. The van der Waals surface area contributed by atoms with Crippen LogP contribution in [-0.4, -0.2) is 11.3 Å². The lowest BCUT2D eigenvalue weighted by Crippen LogP contribution is -2.18. The van der Waals surface area contributed by atoms with E-state index in [2.05, 4.69) is 4.74 Å². The zero-order chi connectivity index (χ0) is 12.5. The van der Waals surface area contributed by atoms with Crippen LogP contribution in [-0.2, 0) is 0 Å². The maximum absolute atomic E-state index is 13.0. The summed E-state index contributed by atoms with van der Waals surface area (Å²) in [5, 5.41) is 10.2. The SMILES string of the molecule is O=[N+]([O-])c1cc(F)cc(OC(F)(F)F)c1F. The van der Waals surface area contributed by atoms with Gasteiger partial charge in [-0.1, -0.05) is 0 Å². The lowest BCUT2D eigenvalue weighted by Gasteiger charge is -2.09. The van der Waals surface area contributed by atoms with Crippen molar-refractivity contribution in [3.8, 4) is 5.75 Å². The predicted octanol–water partition coefficient (Wildman–Crippen LogP) is 2.77. The van der Waals surface area contributed by atoms with Crippen molar-refractivity contribution in [2.45, 2.75) is 6.36 Å². The van der Waals surface area contributed by atoms with Crippen LogP contribution in [0.25, 0.3) is 0 Å². The Morgan fingerprint density at radius 3 is 2.25 bits per heavy atom. The summed E-state index contributed by atoms with van der Waals surface area (Å²) in [6, 6.07) is 0.217. The molecule has 4 nitrogen and oxygen atoms in total. The molecule has 0 aliphatic rings. The second kappa shape index (κ2) is 3.91. The Balaban J connectivity index is 3.25.